The van der Waals surface area contributed by atoms with E-state index in [9.17, 15) is 4.79 Å². The lowest BCUT2D eigenvalue weighted by Gasteiger charge is -2.15. The summed E-state index contributed by atoms with van der Waals surface area (Å²) in [6.07, 6.45) is 0. The highest BCUT2D eigenvalue weighted by Crippen LogP contribution is 2.36. The SMILES string of the molecule is COc1cc(NC(=O)c2c(C)cc(C)cc2C)c(OC)cc1Br. The molecule has 23 heavy (non-hydrogen) atoms. The van der Waals surface area contributed by atoms with Gasteiger partial charge in [0.2, 0.25) is 0 Å². The number of hydrogen-bond donors (Lipinski definition) is 1. The third kappa shape index (κ3) is 3.67. The van der Waals surface area contributed by atoms with Crippen molar-refractivity contribution in [2.24, 2.45) is 0 Å². The zero-order chi connectivity index (χ0) is 17.1. The van der Waals surface area contributed by atoms with Crippen molar-refractivity contribution in [2.75, 3.05) is 19.5 Å². The highest BCUT2D eigenvalue weighted by Gasteiger charge is 2.16. The van der Waals surface area contributed by atoms with E-state index in [0.717, 1.165) is 21.2 Å². The van der Waals surface area contributed by atoms with Crippen LogP contribution in [0.3, 0.4) is 0 Å². The Morgan fingerprint density at radius 1 is 0.957 bits per heavy atom. The number of rotatable bonds is 4. The molecule has 0 spiro atoms. The van der Waals surface area contributed by atoms with E-state index in [1.54, 1.807) is 26.4 Å². The van der Waals surface area contributed by atoms with Crippen LogP contribution in [0.15, 0.2) is 28.7 Å². The molecule has 122 valence electrons. The van der Waals surface area contributed by atoms with Crippen molar-refractivity contribution < 1.29 is 14.3 Å². The van der Waals surface area contributed by atoms with Crippen molar-refractivity contribution in [2.45, 2.75) is 20.8 Å². The fraction of sp³-hybridized carbons (Fsp3) is 0.278. The number of benzene rings is 2. The summed E-state index contributed by atoms with van der Waals surface area (Å²) in [5, 5.41) is 2.92. The monoisotopic (exact) mass is 377 g/mol. The van der Waals surface area contributed by atoms with E-state index < -0.39 is 0 Å². The molecule has 1 N–H and O–H groups in total. The van der Waals surface area contributed by atoms with Crippen molar-refractivity contribution in [3.8, 4) is 11.5 Å². The van der Waals surface area contributed by atoms with Gasteiger partial charge in [0.15, 0.2) is 0 Å². The maximum Gasteiger partial charge on any atom is 0.256 e. The number of carbonyl (C=O) groups excluding carboxylic acids is 1. The second-order valence-corrected chi connectivity index (χ2v) is 6.27. The van der Waals surface area contributed by atoms with Crippen LogP contribution in [0.1, 0.15) is 27.0 Å². The number of methoxy groups -OCH3 is 2. The van der Waals surface area contributed by atoms with Gasteiger partial charge in [-0.1, -0.05) is 17.7 Å². The lowest BCUT2D eigenvalue weighted by molar-refractivity contribution is 0.102. The lowest BCUT2D eigenvalue weighted by Crippen LogP contribution is -2.16. The van der Waals surface area contributed by atoms with Gasteiger partial charge in [-0.15, -0.1) is 0 Å². The standard InChI is InChI=1S/C18H20BrNO3/c1-10-6-11(2)17(12(3)7-10)18(21)20-14-9-15(22-4)13(19)8-16(14)23-5/h6-9H,1-5H3,(H,20,21). The van der Waals surface area contributed by atoms with Gasteiger partial charge in [0.1, 0.15) is 11.5 Å². The molecule has 0 heterocycles. The van der Waals surface area contributed by atoms with Crippen LogP contribution < -0.4 is 14.8 Å². The third-order valence-electron chi connectivity index (χ3n) is 3.63. The first-order chi connectivity index (χ1) is 10.9. The largest absolute Gasteiger partial charge is 0.495 e. The molecule has 0 aliphatic carbocycles. The van der Waals surface area contributed by atoms with Gasteiger partial charge < -0.3 is 14.8 Å². The molecule has 1 amide bonds. The Hall–Kier alpha value is -2.01. The Kier molecular flexibility index (Phi) is 5.31. The molecule has 2 rings (SSSR count). The summed E-state index contributed by atoms with van der Waals surface area (Å²) in [5.41, 5.74) is 4.28. The first-order valence-electron chi connectivity index (χ1n) is 7.18. The Bertz CT molecular complexity index is 733. The van der Waals surface area contributed by atoms with E-state index in [0.29, 0.717) is 22.7 Å². The van der Waals surface area contributed by atoms with Crippen LogP contribution in [-0.4, -0.2) is 20.1 Å². The fourth-order valence-electron chi connectivity index (χ4n) is 2.68. The van der Waals surface area contributed by atoms with E-state index in [2.05, 4.69) is 21.2 Å². The van der Waals surface area contributed by atoms with Gasteiger partial charge in [0.05, 0.1) is 24.4 Å². The average molecular weight is 378 g/mol. The number of nitrogens with one attached hydrogen (secondary N) is 1. The molecule has 2 aromatic carbocycles. The van der Waals surface area contributed by atoms with E-state index in [1.807, 2.05) is 32.9 Å². The molecular formula is C18H20BrNO3. The normalized spacial score (nSPS) is 10.3. The zero-order valence-corrected chi connectivity index (χ0v) is 15.5. The molecule has 0 aliphatic rings. The third-order valence-corrected chi connectivity index (χ3v) is 4.25. The molecule has 5 heteroatoms. The number of halogens is 1. The highest BCUT2D eigenvalue weighted by atomic mass is 79.9. The van der Waals surface area contributed by atoms with Crippen molar-refractivity contribution in [1.29, 1.82) is 0 Å². The maximum atomic E-state index is 12.7. The molecule has 4 nitrogen and oxygen atoms in total. The number of amides is 1. The molecule has 0 saturated heterocycles. The minimum absolute atomic E-state index is 0.164. The maximum absolute atomic E-state index is 12.7. The molecule has 0 fully saturated rings. The van der Waals surface area contributed by atoms with Gasteiger partial charge in [-0.2, -0.15) is 0 Å². The van der Waals surface area contributed by atoms with Crippen LogP contribution in [-0.2, 0) is 0 Å². The van der Waals surface area contributed by atoms with Crippen LogP contribution >= 0.6 is 15.9 Å². The average Bonchev–Trinajstić information content (AvgIpc) is 2.47. The summed E-state index contributed by atoms with van der Waals surface area (Å²) in [6, 6.07) is 7.51. The van der Waals surface area contributed by atoms with Gasteiger partial charge >= 0.3 is 0 Å². The topological polar surface area (TPSA) is 47.6 Å². The van der Waals surface area contributed by atoms with Gasteiger partial charge in [0, 0.05) is 17.7 Å². The van der Waals surface area contributed by atoms with Crippen molar-refractivity contribution in [3.05, 3.63) is 51.0 Å². The number of aryl methyl sites for hydroxylation is 3. The summed E-state index contributed by atoms with van der Waals surface area (Å²) >= 11 is 3.41. The summed E-state index contributed by atoms with van der Waals surface area (Å²) in [6.45, 7) is 5.90. The molecule has 0 unspecified atom stereocenters. The Balaban J connectivity index is 2.41. The van der Waals surface area contributed by atoms with Crippen molar-refractivity contribution in [3.63, 3.8) is 0 Å². The molecule has 0 aromatic heterocycles. The van der Waals surface area contributed by atoms with Crippen molar-refractivity contribution >= 4 is 27.5 Å². The van der Waals surface area contributed by atoms with Gasteiger partial charge in [-0.25, -0.2) is 0 Å². The second-order valence-electron chi connectivity index (χ2n) is 5.41. The predicted molar refractivity (Wildman–Crippen MR) is 95.9 cm³/mol. The summed E-state index contributed by atoms with van der Waals surface area (Å²) < 4.78 is 11.4. The van der Waals surface area contributed by atoms with Crippen LogP contribution in [0.5, 0.6) is 11.5 Å². The Morgan fingerprint density at radius 3 is 2.04 bits per heavy atom. The van der Waals surface area contributed by atoms with E-state index >= 15 is 0 Å². The van der Waals surface area contributed by atoms with E-state index in [-0.39, 0.29) is 5.91 Å². The molecule has 0 bridgehead atoms. The molecule has 0 saturated carbocycles. The smallest absolute Gasteiger partial charge is 0.256 e. The Morgan fingerprint density at radius 2 is 1.52 bits per heavy atom. The Labute approximate surface area is 144 Å². The predicted octanol–water partition coefficient (Wildman–Crippen LogP) is 4.64. The van der Waals surface area contributed by atoms with Crippen LogP contribution in [0.4, 0.5) is 5.69 Å². The van der Waals surface area contributed by atoms with Crippen LogP contribution in [0.2, 0.25) is 0 Å². The number of ether oxygens (including phenoxy) is 2. The fourth-order valence-corrected chi connectivity index (χ4v) is 3.17. The molecule has 0 aliphatic heterocycles. The summed E-state index contributed by atoms with van der Waals surface area (Å²) in [5.74, 6) is 1.02. The highest BCUT2D eigenvalue weighted by molar-refractivity contribution is 9.10. The second kappa shape index (κ2) is 7.04. The first kappa shape index (κ1) is 17.3. The molecule has 2 aromatic rings. The van der Waals surface area contributed by atoms with E-state index in [1.165, 1.54) is 0 Å². The molecule has 0 radical (unpaired) electrons. The van der Waals surface area contributed by atoms with Gasteiger partial charge in [-0.05, 0) is 47.8 Å². The molecule has 0 atom stereocenters. The van der Waals surface area contributed by atoms with Crippen LogP contribution in [0.25, 0.3) is 0 Å². The van der Waals surface area contributed by atoms with Crippen molar-refractivity contribution in [1.82, 2.24) is 0 Å². The minimum Gasteiger partial charge on any atom is -0.495 e. The first-order valence-corrected chi connectivity index (χ1v) is 7.97. The number of hydrogen-bond acceptors (Lipinski definition) is 3. The zero-order valence-electron chi connectivity index (χ0n) is 13.9. The molecular weight excluding hydrogens is 358 g/mol. The number of anilines is 1. The van der Waals surface area contributed by atoms with E-state index in [4.69, 9.17) is 9.47 Å². The van der Waals surface area contributed by atoms with Gasteiger partial charge in [-0.3, -0.25) is 4.79 Å². The number of carbonyl (C=O) groups is 1. The van der Waals surface area contributed by atoms with Crippen LogP contribution in [0, 0.1) is 20.8 Å². The summed E-state index contributed by atoms with van der Waals surface area (Å²) in [4.78, 5) is 12.7. The lowest BCUT2D eigenvalue weighted by atomic mass is 9.99. The minimum atomic E-state index is -0.164. The van der Waals surface area contributed by atoms with Gasteiger partial charge in [0.25, 0.3) is 5.91 Å². The quantitative estimate of drug-likeness (QED) is 0.843. The summed E-state index contributed by atoms with van der Waals surface area (Å²) in [7, 11) is 3.14.